The quantitative estimate of drug-likeness (QED) is 0.881. The first-order valence-electron chi connectivity index (χ1n) is 6.45. The highest BCUT2D eigenvalue weighted by Crippen LogP contribution is 2.15. The summed E-state index contributed by atoms with van der Waals surface area (Å²) in [4.78, 5) is 12.2. The summed E-state index contributed by atoms with van der Waals surface area (Å²) in [5, 5.41) is 3.23. The first kappa shape index (κ1) is 13.2. The average molecular weight is 247 g/mol. The molecule has 2 rings (SSSR count). The number of hydrogen-bond donors (Lipinski definition) is 1. The lowest BCUT2D eigenvalue weighted by atomic mass is 9.99. The maximum absolute atomic E-state index is 12.2. The average Bonchev–Trinajstić information content (AvgIpc) is 2.82. The van der Waals surface area contributed by atoms with Gasteiger partial charge in [-0.2, -0.15) is 0 Å². The Hall–Kier alpha value is -1.19. The van der Waals surface area contributed by atoms with Gasteiger partial charge in [-0.15, -0.1) is 0 Å². The highest BCUT2D eigenvalue weighted by atomic mass is 16.5. The summed E-state index contributed by atoms with van der Waals surface area (Å²) in [5.41, 5.74) is 3.62. The Bertz CT molecular complexity index is 442. The fourth-order valence-corrected chi connectivity index (χ4v) is 2.37. The summed E-state index contributed by atoms with van der Waals surface area (Å²) in [6, 6.07) is 6.19. The van der Waals surface area contributed by atoms with Crippen LogP contribution in [-0.4, -0.2) is 31.6 Å². The molecule has 1 aliphatic heterocycles. The highest BCUT2D eigenvalue weighted by Gasteiger charge is 2.28. The SMILES string of the molecule is COC1CNC(C(=O)Cc2ccc(C)c(C)c2)C1. The lowest BCUT2D eigenvalue weighted by molar-refractivity contribution is -0.120. The molecule has 2 unspecified atom stereocenters. The zero-order chi connectivity index (χ0) is 13.1. The Kier molecular flexibility index (Phi) is 4.15. The van der Waals surface area contributed by atoms with Crippen LogP contribution in [0.3, 0.4) is 0 Å². The van der Waals surface area contributed by atoms with Crippen LogP contribution in [0.5, 0.6) is 0 Å². The molecule has 0 bridgehead atoms. The largest absolute Gasteiger partial charge is 0.380 e. The van der Waals surface area contributed by atoms with Crippen LogP contribution < -0.4 is 5.32 Å². The molecular weight excluding hydrogens is 226 g/mol. The van der Waals surface area contributed by atoms with Crippen LogP contribution in [0, 0.1) is 13.8 Å². The fraction of sp³-hybridized carbons (Fsp3) is 0.533. The van der Waals surface area contributed by atoms with Crippen molar-refractivity contribution in [2.45, 2.75) is 38.8 Å². The van der Waals surface area contributed by atoms with Crippen LogP contribution in [0.1, 0.15) is 23.1 Å². The van der Waals surface area contributed by atoms with E-state index in [1.807, 2.05) is 6.07 Å². The second-order valence-corrected chi connectivity index (χ2v) is 5.12. The number of carbonyl (C=O) groups excluding carboxylic acids is 1. The smallest absolute Gasteiger partial charge is 0.154 e. The Morgan fingerprint density at radius 3 is 2.78 bits per heavy atom. The van der Waals surface area contributed by atoms with E-state index in [1.165, 1.54) is 11.1 Å². The summed E-state index contributed by atoms with van der Waals surface area (Å²) < 4.78 is 5.26. The van der Waals surface area contributed by atoms with E-state index in [0.29, 0.717) is 6.42 Å². The van der Waals surface area contributed by atoms with Gasteiger partial charge in [-0.25, -0.2) is 0 Å². The van der Waals surface area contributed by atoms with Crippen molar-refractivity contribution in [1.82, 2.24) is 5.32 Å². The standard InChI is InChI=1S/C15H21NO2/c1-10-4-5-12(6-11(10)2)7-15(17)14-8-13(18-3)9-16-14/h4-6,13-14,16H,7-9H2,1-3H3. The van der Waals surface area contributed by atoms with E-state index in [0.717, 1.165) is 18.5 Å². The molecule has 1 aromatic rings. The Balaban J connectivity index is 1.97. The molecule has 1 fully saturated rings. The van der Waals surface area contributed by atoms with Crippen LogP contribution in [-0.2, 0) is 16.0 Å². The molecule has 3 nitrogen and oxygen atoms in total. The summed E-state index contributed by atoms with van der Waals surface area (Å²) >= 11 is 0. The predicted octanol–water partition coefficient (Wildman–Crippen LogP) is 1.79. The van der Waals surface area contributed by atoms with Crippen molar-refractivity contribution in [3.63, 3.8) is 0 Å². The van der Waals surface area contributed by atoms with Crippen LogP contribution in [0.4, 0.5) is 0 Å². The monoisotopic (exact) mass is 247 g/mol. The zero-order valence-electron chi connectivity index (χ0n) is 11.3. The maximum atomic E-state index is 12.2. The number of ether oxygens (including phenoxy) is 1. The van der Waals surface area contributed by atoms with Gasteiger partial charge in [0.15, 0.2) is 5.78 Å². The lowest BCUT2D eigenvalue weighted by Gasteiger charge is -2.10. The molecule has 0 amide bonds. The van der Waals surface area contributed by atoms with Crippen molar-refractivity contribution in [3.05, 3.63) is 34.9 Å². The van der Waals surface area contributed by atoms with Crippen molar-refractivity contribution >= 4 is 5.78 Å². The number of benzene rings is 1. The van der Waals surface area contributed by atoms with Gasteiger partial charge in [0.25, 0.3) is 0 Å². The number of methoxy groups -OCH3 is 1. The number of rotatable bonds is 4. The summed E-state index contributed by atoms with van der Waals surface area (Å²) in [6.45, 7) is 4.94. The molecule has 0 radical (unpaired) electrons. The molecule has 1 aromatic carbocycles. The van der Waals surface area contributed by atoms with E-state index in [-0.39, 0.29) is 17.9 Å². The van der Waals surface area contributed by atoms with Gasteiger partial charge in [-0.1, -0.05) is 18.2 Å². The van der Waals surface area contributed by atoms with Crippen molar-refractivity contribution in [2.24, 2.45) is 0 Å². The molecular formula is C15H21NO2. The normalized spacial score (nSPS) is 23.3. The molecule has 98 valence electrons. The minimum Gasteiger partial charge on any atom is -0.380 e. The number of nitrogens with one attached hydrogen (secondary N) is 1. The van der Waals surface area contributed by atoms with Gasteiger partial charge >= 0.3 is 0 Å². The second kappa shape index (κ2) is 5.63. The number of Topliss-reactive ketones (excluding diaryl/α,β-unsaturated/α-hetero) is 1. The first-order chi connectivity index (χ1) is 8.60. The molecule has 0 saturated carbocycles. The van der Waals surface area contributed by atoms with E-state index >= 15 is 0 Å². The second-order valence-electron chi connectivity index (χ2n) is 5.12. The van der Waals surface area contributed by atoms with E-state index < -0.39 is 0 Å². The molecule has 1 N–H and O–H groups in total. The zero-order valence-corrected chi connectivity index (χ0v) is 11.3. The number of carbonyl (C=O) groups is 1. The lowest BCUT2D eigenvalue weighted by Crippen LogP contribution is -2.31. The molecule has 3 heteroatoms. The third kappa shape index (κ3) is 2.98. The van der Waals surface area contributed by atoms with E-state index in [1.54, 1.807) is 7.11 Å². The molecule has 0 aromatic heterocycles. The van der Waals surface area contributed by atoms with Gasteiger partial charge < -0.3 is 10.1 Å². The molecule has 1 aliphatic rings. The van der Waals surface area contributed by atoms with Gasteiger partial charge in [-0.3, -0.25) is 4.79 Å². The summed E-state index contributed by atoms with van der Waals surface area (Å²) in [7, 11) is 1.70. The van der Waals surface area contributed by atoms with Gasteiger partial charge in [-0.05, 0) is 37.0 Å². The Labute approximate surface area is 109 Å². The van der Waals surface area contributed by atoms with E-state index in [2.05, 4.69) is 31.3 Å². The van der Waals surface area contributed by atoms with E-state index in [9.17, 15) is 4.79 Å². The Morgan fingerprint density at radius 1 is 1.39 bits per heavy atom. The summed E-state index contributed by atoms with van der Waals surface area (Å²) in [5.74, 6) is 0.262. The number of hydrogen-bond acceptors (Lipinski definition) is 3. The first-order valence-corrected chi connectivity index (χ1v) is 6.45. The van der Waals surface area contributed by atoms with Gasteiger partial charge in [0.05, 0.1) is 12.1 Å². The van der Waals surface area contributed by atoms with Crippen LogP contribution >= 0.6 is 0 Å². The van der Waals surface area contributed by atoms with Gasteiger partial charge in [0.2, 0.25) is 0 Å². The minimum atomic E-state index is -0.0449. The molecule has 0 spiro atoms. The molecule has 18 heavy (non-hydrogen) atoms. The minimum absolute atomic E-state index is 0.0449. The fourth-order valence-electron chi connectivity index (χ4n) is 2.37. The number of aryl methyl sites for hydroxylation is 2. The van der Waals surface area contributed by atoms with Crippen LogP contribution in [0.25, 0.3) is 0 Å². The maximum Gasteiger partial charge on any atom is 0.154 e. The van der Waals surface area contributed by atoms with Gasteiger partial charge in [0, 0.05) is 20.1 Å². The molecule has 2 atom stereocenters. The summed E-state index contributed by atoms with van der Waals surface area (Å²) in [6.07, 6.45) is 1.48. The topological polar surface area (TPSA) is 38.3 Å². The molecule has 1 heterocycles. The van der Waals surface area contributed by atoms with Crippen molar-refractivity contribution in [2.75, 3.05) is 13.7 Å². The van der Waals surface area contributed by atoms with Crippen LogP contribution in [0.2, 0.25) is 0 Å². The molecule has 1 saturated heterocycles. The van der Waals surface area contributed by atoms with Gasteiger partial charge in [0.1, 0.15) is 0 Å². The molecule has 0 aliphatic carbocycles. The third-order valence-corrected chi connectivity index (χ3v) is 3.76. The third-order valence-electron chi connectivity index (χ3n) is 3.76. The van der Waals surface area contributed by atoms with Crippen LogP contribution in [0.15, 0.2) is 18.2 Å². The highest BCUT2D eigenvalue weighted by molar-refractivity contribution is 5.86. The van der Waals surface area contributed by atoms with Crippen molar-refractivity contribution in [1.29, 1.82) is 0 Å². The predicted molar refractivity (Wildman–Crippen MR) is 71.8 cm³/mol. The van der Waals surface area contributed by atoms with Crippen molar-refractivity contribution < 1.29 is 9.53 Å². The van der Waals surface area contributed by atoms with Crippen molar-refractivity contribution in [3.8, 4) is 0 Å². The number of ketones is 1. The Morgan fingerprint density at radius 2 is 2.17 bits per heavy atom. The van der Waals surface area contributed by atoms with E-state index in [4.69, 9.17) is 4.74 Å².